The van der Waals surface area contributed by atoms with Gasteiger partial charge in [0.25, 0.3) is 0 Å². The van der Waals surface area contributed by atoms with E-state index in [1.54, 1.807) is 32.0 Å². The Morgan fingerprint density at radius 3 is 2.43 bits per heavy atom. The van der Waals surface area contributed by atoms with Crippen LogP contribution in [-0.4, -0.2) is 45.9 Å². The average Bonchev–Trinajstić information content (AvgIpc) is 3.00. The molecule has 0 saturated carbocycles. The molecule has 1 aromatic carbocycles. The highest BCUT2D eigenvalue weighted by molar-refractivity contribution is 6.04. The molecule has 0 aliphatic carbocycles. The van der Waals surface area contributed by atoms with Gasteiger partial charge in [-0.25, -0.2) is 14.6 Å². The lowest BCUT2D eigenvalue weighted by Crippen LogP contribution is -2.26. The summed E-state index contributed by atoms with van der Waals surface area (Å²) in [6, 6.07) is 7.11. The quantitative estimate of drug-likeness (QED) is 0.534. The summed E-state index contributed by atoms with van der Waals surface area (Å²) in [7, 11) is 1.27. The van der Waals surface area contributed by atoms with E-state index < -0.39 is 23.8 Å². The van der Waals surface area contributed by atoms with Gasteiger partial charge < -0.3 is 14.5 Å². The van der Waals surface area contributed by atoms with Crippen LogP contribution in [0.25, 0.3) is 11.0 Å². The number of nitrogens with one attached hydrogen (secondary N) is 1. The van der Waals surface area contributed by atoms with Crippen molar-refractivity contribution in [3.63, 3.8) is 0 Å². The Bertz CT molecular complexity index is 1090. The Hall–Kier alpha value is -3.55. The van der Waals surface area contributed by atoms with E-state index in [1.165, 1.54) is 20.2 Å². The van der Waals surface area contributed by atoms with E-state index in [-0.39, 0.29) is 11.4 Å². The van der Waals surface area contributed by atoms with Gasteiger partial charge in [-0.3, -0.25) is 9.78 Å². The van der Waals surface area contributed by atoms with Crippen LogP contribution in [-0.2, 0) is 9.47 Å². The molecule has 8 heteroatoms. The molecule has 3 aromatic rings. The average molecular weight is 381 g/mol. The third kappa shape index (κ3) is 3.48. The minimum atomic E-state index is -1.08. The van der Waals surface area contributed by atoms with Gasteiger partial charge in [0.1, 0.15) is 0 Å². The fourth-order valence-corrected chi connectivity index (χ4v) is 2.94. The van der Waals surface area contributed by atoms with E-state index in [2.05, 4.69) is 15.0 Å². The van der Waals surface area contributed by atoms with Gasteiger partial charge in [-0.05, 0) is 38.5 Å². The third-order valence-corrected chi connectivity index (χ3v) is 4.38. The van der Waals surface area contributed by atoms with Crippen molar-refractivity contribution < 1.29 is 23.9 Å². The summed E-state index contributed by atoms with van der Waals surface area (Å²) < 4.78 is 10.0. The van der Waals surface area contributed by atoms with Crippen molar-refractivity contribution in [2.45, 2.75) is 26.9 Å². The molecule has 0 radical (unpaired) electrons. The molecular formula is C20H19N3O5. The van der Waals surface area contributed by atoms with Gasteiger partial charge in [0.2, 0.25) is 5.78 Å². The van der Waals surface area contributed by atoms with E-state index in [0.717, 1.165) is 0 Å². The van der Waals surface area contributed by atoms with Crippen LogP contribution in [0.3, 0.4) is 0 Å². The summed E-state index contributed by atoms with van der Waals surface area (Å²) in [6.07, 6.45) is 0.226. The Morgan fingerprint density at radius 2 is 1.75 bits per heavy atom. The lowest BCUT2D eigenvalue weighted by atomic mass is 10.1. The Balaban J connectivity index is 1.80. The van der Waals surface area contributed by atoms with Crippen LogP contribution in [0.4, 0.5) is 0 Å². The predicted molar refractivity (Wildman–Crippen MR) is 100 cm³/mol. The molecule has 0 saturated heterocycles. The number of aromatic amines is 1. The maximum Gasteiger partial charge on any atom is 0.359 e. The van der Waals surface area contributed by atoms with Crippen LogP contribution in [0.5, 0.6) is 0 Å². The second kappa shape index (κ2) is 7.59. The number of fused-ring (bicyclic) bond motifs is 1. The predicted octanol–water partition coefficient (Wildman–Crippen LogP) is 2.79. The van der Waals surface area contributed by atoms with Crippen molar-refractivity contribution >= 4 is 28.8 Å². The van der Waals surface area contributed by atoms with Crippen LogP contribution >= 0.6 is 0 Å². The van der Waals surface area contributed by atoms with Crippen LogP contribution in [0.2, 0.25) is 0 Å². The fraction of sp³-hybridized carbons (Fsp3) is 0.250. The zero-order chi connectivity index (χ0) is 20.4. The van der Waals surface area contributed by atoms with Gasteiger partial charge in [0.15, 0.2) is 11.8 Å². The highest BCUT2D eigenvalue weighted by atomic mass is 16.5. The fourth-order valence-electron chi connectivity index (χ4n) is 2.94. The number of ether oxygens (including phenoxy) is 2. The lowest BCUT2D eigenvalue weighted by molar-refractivity contribution is 0.0311. The summed E-state index contributed by atoms with van der Waals surface area (Å²) in [5, 5.41) is 0. The molecule has 1 atom stereocenters. The Morgan fingerprint density at radius 1 is 1.07 bits per heavy atom. The minimum absolute atomic E-state index is 0.00740. The molecule has 2 heterocycles. The number of H-pyrrole nitrogens is 1. The molecule has 0 fully saturated rings. The first-order chi connectivity index (χ1) is 13.3. The molecule has 0 unspecified atom stereocenters. The summed E-state index contributed by atoms with van der Waals surface area (Å²) in [6.45, 7) is 4.76. The van der Waals surface area contributed by atoms with Crippen molar-refractivity contribution in [1.82, 2.24) is 15.0 Å². The van der Waals surface area contributed by atoms with Crippen LogP contribution < -0.4 is 0 Å². The first kappa shape index (κ1) is 19.2. The maximum atomic E-state index is 12.7. The largest absolute Gasteiger partial charge is 0.465 e. The Kier molecular flexibility index (Phi) is 5.21. The van der Waals surface area contributed by atoms with E-state index in [0.29, 0.717) is 27.9 Å². The molecule has 144 valence electrons. The van der Waals surface area contributed by atoms with E-state index in [1.807, 2.05) is 6.07 Å². The number of ketones is 1. The smallest absolute Gasteiger partial charge is 0.359 e. The van der Waals surface area contributed by atoms with Crippen molar-refractivity contribution in [3.8, 4) is 0 Å². The highest BCUT2D eigenvalue weighted by Gasteiger charge is 2.28. The second-order valence-electron chi connectivity index (χ2n) is 6.27. The molecule has 28 heavy (non-hydrogen) atoms. The zero-order valence-electron chi connectivity index (χ0n) is 15.9. The minimum Gasteiger partial charge on any atom is -0.465 e. The molecule has 0 aliphatic heterocycles. The van der Waals surface area contributed by atoms with Gasteiger partial charge in [-0.15, -0.1) is 0 Å². The molecular weight excluding hydrogens is 362 g/mol. The zero-order valence-corrected chi connectivity index (χ0v) is 15.9. The van der Waals surface area contributed by atoms with Gasteiger partial charge in [-0.2, -0.15) is 0 Å². The number of Topliss-reactive ketones (excluding diaryl/α,β-unsaturated/α-hetero) is 1. The molecule has 1 N–H and O–H groups in total. The molecule has 3 rings (SSSR count). The van der Waals surface area contributed by atoms with Crippen LogP contribution in [0.1, 0.15) is 49.5 Å². The summed E-state index contributed by atoms with van der Waals surface area (Å²) in [5.74, 6) is -1.76. The number of aryl methyl sites for hydroxylation is 1. The molecule has 8 nitrogen and oxygen atoms in total. The number of hydrogen-bond donors (Lipinski definition) is 1. The second-order valence-corrected chi connectivity index (χ2v) is 6.27. The van der Waals surface area contributed by atoms with Gasteiger partial charge in [0, 0.05) is 5.69 Å². The van der Waals surface area contributed by atoms with Gasteiger partial charge in [0.05, 0.1) is 35.6 Å². The van der Waals surface area contributed by atoms with Crippen LogP contribution in [0, 0.1) is 13.8 Å². The molecule has 0 aliphatic rings. The lowest BCUT2D eigenvalue weighted by Gasteiger charge is -2.12. The number of benzene rings is 1. The van der Waals surface area contributed by atoms with Crippen molar-refractivity contribution in [2.75, 3.05) is 7.11 Å². The van der Waals surface area contributed by atoms with Crippen molar-refractivity contribution in [2.24, 2.45) is 0 Å². The number of aromatic nitrogens is 3. The number of nitrogens with zero attached hydrogens (tertiary/aromatic N) is 2. The van der Waals surface area contributed by atoms with E-state index in [9.17, 15) is 14.4 Å². The number of carbonyl (C=O) groups excluding carboxylic acids is 3. The van der Waals surface area contributed by atoms with Crippen molar-refractivity contribution in [3.05, 3.63) is 58.7 Å². The van der Waals surface area contributed by atoms with Crippen molar-refractivity contribution in [1.29, 1.82) is 0 Å². The van der Waals surface area contributed by atoms with E-state index in [4.69, 9.17) is 9.47 Å². The number of carbonyl (C=O) groups is 3. The monoisotopic (exact) mass is 381 g/mol. The molecule has 0 spiro atoms. The third-order valence-electron chi connectivity index (χ3n) is 4.38. The van der Waals surface area contributed by atoms with Crippen LogP contribution in [0.15, 0.2) is 30.5 Å². The van der Waals surface area contributed by atoms with Gasteiger partial charge >= 0.3 is 11.9 Å². The number of para-hydroxylation sites is 2. The normalized spacial score (nSPS) is 11.9. The molecule has 0 amide bonds. The molecule has 0 bridgehead atoms. The SMILES string of the molecule is COC(=O)c1c(C)[nH]c(C(=O)[C@H](C)OC(=O)c2cnc3ccccc3n2)c1C. The number of methoxy groups -OCH3 is 1. The van der Waals surface area contributed by atoms with E-state index >= 15 is 0 Å². The summed E-state index contributed by atoms with van der Waals surface area (Å²) in [4.78, 5) is 48.2. The highest BCUT2D eigenvalue weighted by Crippen LogP contribution is 2.21. The Labute approximate surface area is 160 Å². The topological polar surface area (TPSA) is 111 Å². The number of hydrogen-bond acceptors (Lipinski definition) is 7. The standard InChI is InChI=1S/C20H19N3O5/c1-10-16(20(26)27-4)11(2)22-17(10)18(24)12(3)28-19(25)15-9-21-13-7-5-6-8-14(13)23-15/h5-9,12,22H,1-4H3/t12-/m0/s1. The summed E-state index contributed by atoms with van der Waals surface area (Å²) in [5.41, 5.74) is 2.65. The maximum absolute atomic E-state index is 12.7. The first-order valence-corrected chi connectivity index (χ1v) is 8.58. The first-order valence-electron chi connectivity index (χ1n) is 8.58. The number of rotatable bonds is 5. The molecule has 2 aromatic heterocycles. The summed E-state index contributed by atoms with van der Waals surface area (Å²) >= 11 is 0. The number of esters is 2. The van der Waals surface area contributed by atoms with Gasteiger partial charge in [-0.1, -0.05) is 12.1 Å².